The third kappa shape index (κ3) is 2.14. The Balaban J connectivity index is 2.25. The molecule has 6 heteroatoms. The smallest absolute Gasteiger partial charge is 0.268 e. The Labute approximate surface area is 105 Å². The number of nitrogen functional groups attached to an aromatic ring is 1. The summed E-state index contributed by atoms with van der Waals surface area (Å²) >= 11 is 0. The molecule has 0 bridgehead atoms. The van der Waals surface area contributed by atoms with E-state index in [0.29, 0.717) is 23.6 Å². The highest BCUT2D eigenvalue weighted by Crippen LogP contribution is 2.16. The van der Waals surface area contributed by atoms with Crippen molar-refractivity contribution in [2.24, 2.45) is 5.84 Å². The molecule has 2 aromatic rings. The van der Waals surface area contributed by atoms with Crippen LogP contribution in [0.4, 0.5) is 0 Å². The summed E-state index contributed by atoms with van der Waals surface area (Å²) in [5.74, 6) is 6.02. The summed E-state index contributed by atoms with van der Waals surface area (Å²) in [5, 5.41) is 0. The summed E-state index contributed by atoms with van der Waals surface area (Å²) in [4.78, 5) is 15.7. The van der Waals surface area contributed by atoms with Crippen LogP contribution in [0.5, 0.6) is 0 Å². The second kappa shape index (κ2) is 4.66. The fourth-order valence-electron chi connectivity index (χ4n) is 1.80. The Bertz CT molecular complexity index is 583. The number of furan rings is 1. The van der Waals surface area contributed by atoms with Crippen molar-refractivity contribution < 1.29 is 9.21 Å². The van der Waals surface area contributed by atoms with E-state index in [1.807, 2.05) is 18.4 Å². The number of nitrogens with one attached hydrogen (secondary N) is 1. The molecule has 0 unspecified atom stereocenters. The third-order valence-electron chi connectivity index (χ3n) is 3.02. The monoisotopic (exact) mass is 248 g/mol. The quantitative estimate of drug-likeness (QED) is 0.483. The minimum atomic E-state index is -0.346. The summed E-state index contributed by atoms with van der Waals surface area (Å²) in [6.07, 6.45) is 1.76. The fourth-order valence-corrected chi connectivity index (χ4v) is 1.80. The number of carbonyl (C=O) groups excluding carboxylic acids is 1. The van der Waals surface area contributed by atoms with Gasteiger partial charge in [-0.05, 0) is 26.8 Å². The normalized spacial score (nSPS) is 10.7. The van der Waals surface area contributed by atoms with Gasteiger partial charge in [0.05, 0.1) is 24.1 Å². The first-order valence-electron chi connectivity index (χ1n) is 5.61. The van der Waals surface area contributed by atoms with Crippen LogP contribution in [0, 0.1) is 20.8 Å². The lowest BCUT2D eigenvalue weighted by Crippen LogP contribution is -2.30. The first-order chi connectivity index (χ1) is 8.52. The Morgan fingerprint density at radius 2 is 2.22 bits per heavy atom. The van der Waals surface area contributed by atoms with Gasteiger partial charge < -0.3 is 8.98 Å². The van der Waals surface area contributed by atoms with E-state index in [2.05, 4.69) is 10.4 Å². The predicted octanol–water partition coefficient (Wildman–Crippen LogP) is 1.05. The van der Waals surface area contributed by atoms with Crippen molar-refractivity contribution in [3.05, 3.63) is 40.9 Å². The highest BCUT2D eigenvalue weighted by Gasteiger charge is 2.14. The molecule has 18 heavy (non-hydrogen) atoms. The third-order valence-corrected chi connectivity index (χ3v) is 3.02. The lowest BCUT2D eigenvalue weighted by atomic mass is 10.2. The molecule has 3 N–H and O–H groups in total. The number of hydrogen-bond donors (Lipinski definition) is 2. The van der Waals surface area contributed by atoms with Crippen LogP contribution in [0.15, 0.2) is 16.8 Å². The number of nitrogens with two attached hydrogens (primary N) is 1. The number of amides is 1. The van der Waals surface area contributed by atoms with E-state index in [-0.39, 0.29) is 5.91 Å². The van der Waals surface area contributed by atoms with Crippen molar-refractivity contribution in [3.63, 3.8) is 0 Å². The van der Waals surface area contributed by atoms with Crippen molar-refractivity contribution >= 4 is 5.91 Å². The molecule has 2 heterocycles. The van der Waals surface area contributed by atoms with Gasteiger partial charge in [-0.2, -0.15) is 0 Å². The SMILES string of the molecule is Cc1ncn(Cc2cc(C(=O)NN)c(C)o2)c1C. The molecule has 0 saturated heterocycles. The number of hydrazine groups is 1. The van der Waals surface area contributed by atoms with Gasteiger partial charge in [-0.25, -0.2) is 10.8 Å². The van der Waals surface area contributed by atoms with Crippen LogP contribution in [0.3, 0.4) is 0 Å². The Kier molecular flexibility index (Phi) is 3.20. The molecule has 2 rings (SSSR count). The number of rotatable bonds is 3. The molecule has 2 aromatic heterocycles. The van der Waals surface area contributed by atoms with Crippen LogP contribution in [-0.2, 0) is 6.54 Å². The molecule has 96 valence electrons. The van der Waals surface area contributed by atoms with Gasteiger partial charge in [0.1, 0.15) is 11.5 Å². The summed E-state index contributed by atoms with van der Waals surface area (Å²) in [5.41, 5.74) is 4.62. The topological polar surface area (TPSA) is 86.1 Å². The highest BCUT2D eigenvalue weighted by molar-refractivity contribution is 5.94. The Morgan fingerprint density at radius 1 is 1.50 bits per heavy atom. The predicted molar refractivity (Wildman–Crippen MR) is 65.9 cm³/mol. The number of nitrogens with zero attached hydrogens (tertiary/aromatic N) is 2. The number of carbonyl (C=O) groups is 1. The lowest BCUT2D eigenvalue weighted by Gasteiger charge is -2.01. The zero-order valence-electron chi connectivity index (χ0n) is 10.7. The molecular formula is C12H16N4O2. The van der Waals surface area contributed by atoms with Gasteiger partial charge in [0, 0.05) is 5.69 Å². The van der Waals surface area contributed by atoms with E-state index in [0.717, 1.165) is 11.4 Å². The van der Waals surface area contributed by atoms with Crippen molar-refractivity contribution in [1.82, 2.24) is 15.0 Å². The molecule has 0 aromatic carbocycles. The zero-order chi connectivity index (χ0) is 13.3. The maximum atomic E-state index is 11.5. The van der Waals surface area contributed by atoms with E-state index < -0.39 is 0 Å². The lowest BCUT2D eigenvalue weighted by molar-refractivity contribution is 0.0952. The highest BCUT2D eigenvalue weighted by atomic mass is 16.3. The zero-order valence-corrected chi connectivity index (χ0v) is 10.7. The van der Waals surface area contributed by atoms with Gasteiger partial charge in [-0.1, -0.05) is 0 Å². The van der Waals surface area contributed by atoms with Crippen molar-refractivity contribution in [2.75, 3.05) is 0 Å². The molecule has 0 spiro atoms. The van der Waals surface area contributed by atoms with Crippen molar-refractivity contribution in [2.45, 2.75) is 27.3 Å². The maximum Gasteiger partial charge on any atom is 0.268 e. The van der Waals surface area contributed by atoms with Gasteiger partial charge in [-0.3, -0.25) is 10.2 Å². The van der Waals surface area contributed by atoms with Gasteiger partial charge in [-0.15, -0.1) is 0 Å². The van der Waals surface area contributed by atoms with Gasteiger partial charge in [0.25, 0.3) is 5.91 Å². The van der Waals surface area contributed by atoms with Crippen molar-refractivity contribution in [1.29, 1.82) is 0 Å². The summed E-state index contributed by atoms with van der Waals surface area (Å²) in [7, 11) is 0. The summed E-state index contributed by atoms with van der Waals surface area (Å²) in [6, 6.07) is 1.70. The molecule has 0 fully saturated rings. The van der Waals surface area contributed by atoms with Crippen LogP contribution >= 0.6 is 0 Å². The second-order valence-corrected chi connectivity index (χ2v) is 4.20. The molecule has 0 atom stereocenters. The molecule has 0 aliphatic heterocycles. The van der Waals surface area contributed by atoms with Gasteiger partial charge in [0.2, 0.25) is 0 Å². The Morgan fingerprint density at radius 3 is 2.78 bits per heavy atom. The Hall–Kier alpha value is -2.08. The van der Waals surface area contributed by atoms with E-state index in [1.165, 1.54) is 0 Å². The van der Waals surface area contributed by atoms with Crippen LogP contribution < -0.4 is 11.3 Å². The van der Waals surface area contributed by atoms with Crippen LogP contribution in [0.2, 0.25) is 0 Å². The van der Waals surface area contributed by atoms with Crippen molar-refractivity contribution in [3.8, 4) is 0 Å². The summed E-state index contributed by atoms with van der Waals surface area (Å²) in [6.45, 7) is 6.23. The average molecular weight is 248 g/mol. The summed E-state index contributed by atoms with van der Waals surface area (Å²) < 4.78 is 7.51. The minimum Gasteiger partial charge on any atom is -0.464 e. The number of aromatic nitrogens is 2. The average Bonchev–Trinajstić information content (AvgIpc) is 2.86. The van der Waals surface area contributed by atoms with E-state index in [9.17, 15) is 4.79 Å². The van der Waals surface area contributed by atoms with Gasteiger partial charge >= 0.3 is 0 Å². The van der Waals surface area contributed by atoms with E-state index in [4.69, 9.17) is 10.3 Å². The largest absolute Gasteiger partial charge is 0.464 e. The fraction of sp³-hybridized carbons (Fsp3) is 0.333. The second-order valence-electron chi connectivity index (χ2n) is 4.20. The minimum absolute atomic E-state index is 0.346. The molecule has 0 saturated carbocycles. The molecule has 0 aliphatic carbocycles. The van der Waals surface area contributed by atoms with Crippen LogP contribution in [0.25, 0.3) is 0 Å². The molecule has 0 aliphatic rings. The maximum absolute atomic E-state index is 11.5. The first-order valence-corrected chi connectivity index (χ1v) is 5.61. The number of aryl methyl sites for hydroxylation is 2. The number of hydrogen-bond acceptors (Lipinski definition) is 4. The van der Waals surface area contributed by atoms with Crippen LogP contribution in [-0.4, -0.2) is 15.5 Å². The molecule has 0 radical (unpaired) electrons. The van der Waals surface area contributed by atoms with Crippen LogP contribution in [0.1, 0.15) is 33.3 Å². The number of imidazole rings is 1. The molecule has 6 nitrogen and oxygen atoms in total. The van der Waals surface area contributed by atoms with E-state index >= 15 is 0 Å². The first kappa shape index (κ1) is 12.4. The standard InChI is InChI=1S/C12H16N4O2/c1-7-8(2)16(6-14-7)5-10-4-11(9(3)18-10)12(17)15-13/h4,6H,5,13H2,1-3H3,(H,15,17). The molecule has 1 amide bonds. The molecular weight excluding hydrogens is 232 g/mol. The van der Waals surface area contributed by atoms with E-state index in [1.54, 1.807) is 19.3 Å². The van der Waals surface area contributed by atoms with Gasteiger partial charge in [0.15, 0.2) is 0 Å².